The molecule has 2 rings (SSSR count). The number of rotatable bonds is 2. The van der Waals surface area contributed by atoms with Crippen molar-refractivity contribution in [1.82, 2.24) is 0 Å². The van der Waals surface area contributed by atoms with E-state index in [-0.39, 0.29) is 6.61 Å². The highest BCUT2D eigenvalue weighted by Crippen LogP contribution is 2.23. The molecule has 2 heteroatoms. The lowest BCUT2D eigenvalue weighted by Crippen LogP contribution is -1.78. The largest absolute Gasteiger partial charge is 0.458 e. The third-order valence-corrected chi connectivity index (χ3v) is 2.21. The number of fused-ring (bicyclic) bond motifs is 1. The molecular formula is C11H12O2. The van der Waals surface area contributed by atoms with E-state index in [1.54, 1.807) is 0 Å². The first-order valence-electron chi connectivity index (χ1n) is 4.46. The summed E-state index contributed by atoms with van der Waals surface area (Å²) in [6.45, 7) is 2.06. The molecule has 2 nitrogen and oxygen atoms in total. The fourth-order valence-corrected chi connectivity index (χ4v) is 1.53. The maximum absolute atomic E-state index is 8.91. The van der Waals surface area contributed by atoms with E-state index in [1.807, 2.05) is 24.3 Å². The molecule has 13 heavy (non-hydrogen) atoms. The standard InChI is InChI=1S/C11H12O2/c1-2-8-4-3-5-9-6-10(7-12)13-11(8)9/h3-6,12H,2,7H2,1H3. The van der Waals surface area contributed by atoms with Crippen LogP contribution in [0.2, 0.25) is 0 Å². The van der Waals surface area contributed by atoms with Gasteiger partial charge < -0.3 is 9.52 Å². The van der Waals surface area contributed by atoms with Gasteiger partial charge in [0.15, 0.2) is 0 Å². The Balaban J connectivity index is 2.67. The quantitative estimate of drug-likeness (QED) is 0.762. The van der Waals surface area contributed by atoms with Crippen LogP contribution in [-0.4, -0.2) is 5.11 Å². The summed E-state index contributed by atoms with van der Waals surface area (Å²) in [7, 11) is 0. The number of aliphatic hydroxyl groups is 1. The molecule has 0 saturated carbocycles. The summed E-state index contributed by atoms with van der Waals surface area (Å²) in [5.41, 5.74) is 2.10. The molecule has 1 N–H and O–H groups in total. The monoisotopic (exact) mass is 176 g/mol. The predicted octanol–water partition coefficient (Wildman–Crippen LogP) is 2.49. The maximum Gasteiger partial charge on any atom is 0.137 e. The van der Waals surface area contributed by atoms with E-state index in [0.29, 0.717) is 5.76 Å². The van der Waals surface area contributed by atoms with Crippen molar-refractivity contribution in [2.45, 2.75) is 20.0 Å². The molecule has 0 unspecified atom stereocenters. The third-order valence-electron chi connectivity index (χ3n) is 2.21. The van der Waals surface area contributed by atoms with Crippen LogP contribution in [0.3, 0.4) is 0 Å². The second-order valence-electron chi connectivity index (χ2n) is 3.06. The van der Waals surface area contributed by atoms with Crippen molar-refractivity contribution >= 4 is 11.0 Å². The molecule has 1 heterocycles. The molecule has 0 aliphatic carbocycles. The van der Waals surface area contributed by atoms with Gasteiger partial charge in [-0.3, -0.25) is 0 Å². The van der Waals surface area contributed by atoms with Crippen molar-refractivity contribution in [1.29, 1.82) is 0 Å². The summed E-state index contributed by atoms with van der Waals surface area (Å²) in [6, 6.07) is 7.94. The van der Waals surface area contributed by atoms with Crippen LogP contribution < -0.4 is 0 Å². The lowest BCUT2D eigenvalue weighted by atomic mass is 10.1. The summed E-state index contributed by atoms with van der Waals surface area (Å²) in [5, 5.41) is 9.98. The molecule has 0 aliphatic heterocycles. The average molecular weight is 176 g/mol. The van der Waals surface area contributed by atoms with Gasteiger partial charge in [0, 0.05) is 5.39 Å². The summed E-state index contributed by atoms with van der Waals surface area (Å²) < 4.78 is 5.49. The van der Waals surface area contributed by atoms with Crippen molar-refractivity contribution in [2.75, 3.05) is 0 Å². The zero-order valence-electron chi connectivity index (χ0n) is 7.58. The van der Waals surface area contributed by atoms with Crippen molar-refractivity contribution in [3.8, 4) is 0 Å². The van der Waals surface area contributed by atoms with Crippen molar-refractivity contribution in [2.24, 2.45) is 0 Å². The van der Waals surface area contributed by atoms with Crippen LogP contribution in [0, 0.1) is 0 Å². The molecular weight excluding hydrogens is 164 g/mol. The molecule has 1 aromatic heterocycles. The van der Waals surface area contributed by atoms with E-state index in [0.717, 1.165) is 17.4 Å². The fourth-order valence-electron chi connectivity index (χ4n) is 1.53. The molecule has 0 saturated heterocycles. The lowest BCUT2D eigenvalue weighted by molar-refractivity contribution is 0.251. The zero-order valence-corrected chi connectivity index (χ0v) is 7.58. The molecule has 0 spiro atoms. The summed E-state index contributed by atoms with van der Waals surface area (Å²) in [4.78, 5) is 0. The normalized spacial score (nSPS) is 10.9. The Morgan fingerprint density at radius 1 is 1.38 bits per heavy atom. The Bertz CT molecular complexity index is 415. The highest BCUT2D eigenvalue weighted by Gasteiger charge is 2.05. The molecule has 0 amide bonds. The van der Waals surface area contributed by atoms with Gasteiger partial charge >= 0.3 is 0 Å². The third kappa shape index (κ3) is 1.33. The average Bonchev–Trinajstić information content (AvgIpc) is 2.59. The van der Waals surface area contributed by atoms with Gasteiger partial charge in [-0.05, 0) is 18.1 Å². The van der Waals surface area contributed by atoms with Gasteiger partial charge in [-0.2, -0.15) is 0 Å². The van der Waals surface area contributed by atoms with Crippen LogP contribution in [0.1, 0.15) is 18.2 Å². The van der Waals surface area contributed by atoms with Gasteiger partial charge in [0.2, 0.25) is 0 Å². The van der Waals surface area contributed by atoms with E-state index in [2.05, 4.69) is 6.92 Å². The first-order valence-corrected chi connectivity index (χ1v) is 4.46. The second-order valence-corrected chi connectivity index (χ2v) is 3.06. The minimum Gasteiger partial charge on any atom is -0.458 e. The van der Waals surface area contributed by atoms with E-state index >= 15 is 0 Å². The topological polar surface area (TPSA) is 33.4 Å². The SMILES string of the molecule is CCc1cccc2cc(CO)oc12. The highest BCUT2D eigenvalue weighted by molar-refractivity contribution is 5.81. The van der Waals surface area contributed by atoms with Crippen molar-refractivity contribution < 1.29 is 9.52 Å². The summed E-state index contributed by atoms with van der Waals surface area (Å²) in [6.07, 6.45) is 0.954. The van der Waals surface area contributed by atoms with Gasteiger partial charge in [-0.1, -0.05) is 25.1 Å². The van der Waals surface area contributed by atoms with Gasteiger partial charge in [0.05, 0.1) is 0 Å². The molecule has 0 fully saturated rings. The Kier molecular flexibility index (Phi) is 2.07. The number of aliphatic hydroxyl groups excluding tert-OH is 1. The zero-order chi connectivity index (χ0) is 9.26. The molecule has 0 radical (unpaired) electrons. The second kappa shape index (κ2) is 3.23. The lowest BCUT2D eigenvalue weighted by Gasteiger charge is -1.95. The van der Waals surface area contributed by atoms with Gasteiger partial charge in [0.25, 0.3) is 0 Å². The smallest absolute Gasteiger partial charge is 0.137 e. The van der Waals surface area contributed by atoms with E-state index in [9.17, 15) is 0 Å². The van der Waals surface area contributed by atoms with Crippen LogP contribution in [0.25, 0.3) is 11.0 Å². The van der Waals surface area contributed by atoms with E-state index in [1.165, 1.54) is 5.56 Å². The minimum absolute atomic E-state index is 0.0299. The van der Waals surface area contributed by atoms with Crippen molar-refractivity contribution in [3.63, 3.8) is 0 Å². The molecule has 2 aromatic rings. The van der Waals surface area contributed by atoms with Gasteiger partial charge in [0.1, 0.15) is 18.0 Å². The van der Waals surface area contributed by atoms with E-state index < -0.39 is 0 Å². The fraction of sp³-hybridized carbons (Fsp3) is 0.273. The van der Waals surface area contributed by atoms with Crippen LogP contribution in [0.15, 0.2) is 28.7 Å². The number of hydrogen-bond donors (Lipinski definition) is 1. The van der Waals surface area contributed by atoms with Crippen LogP contribution >= 0.6 is 0 Å². The van der Waals surface area contributed by atoms with Crippen LogP contribution in [0.5, 0.6) is 0 Å². The predicted molar refractivity (Wildman–Crippen MR) is 51.5 cm³/mol. The number of aryl methyl sites for hydroxylation is 1. The number of hydrogen-bond acceptors (Lipinski definition) is 2. The van der Waals surface area contributed by atoms with E-state index in [4.69, 9.17) is 9.52 Å². The number of benzene rings is 1. The minimum atomic E-state index is -0.0299. The summed E-state index contributed by atoms with van der Waals surface area (Å²) >= 11 is 0. The number of para-hydroxylation sites is 1. The van der Waals surface area contributed by atoms with Gasteiger partial charge in [-0.25, -0.2) is 0 Å². The van der Waals surface area contributed by atoms with Crippen LogP contribution in [-0.2, 0) is 13.0 Å². The Labute approximate surface area is 76.8 Å². The van der Waals surface area contributed by atoms with Crippen LogP contribution in [0.4, 0.5) is 0 Å². The Morgan fingerprint density at radius 2 is 2.23 bits per heavy atom. The number of furan rings is 1. The first kappa shape index (κ1) is 8.32. The Hall–Kier alpha value is -1.28. The molecule has 68 valence electrons. The van der Waals surface area contributed by atoms with Gasteiger partial charge in [-0.15, -0.1) is 0 Å². The molecule has 0 aliphatic rings. The molecule has 0 atom stereocenters. The highest BCUT2D eigenvalue weighted by atomic mass is 16.4. The molecule has 0 bridgehead atoms. The molecule has 1 aromatic carbocycles. The van der Waals surface area contributed by atoms with Crippen molar-refractivity contribution in [3.05, 3.63) is 35.6 Å². The Morgan fingerprint density at radius 3 is 2.92 bits per heavy atom. The summed E-state index contributed by atoms with van der Waals surface area (Å²) in [5.74, 6) is 0.635. The maximum atomic E-state index is 8.91. The first-order chi connectivity index (χ1) is 6.35.